The van der Waals surface area contributed by atoms with Crippen molar-refractivity contribution in [3.63, 3.8) is 0 Å². The summed E-state index contributed by atoms with van der Waals surface area (Å²) >= 11 is 0. The number of aryl methyl sites for hydroxylation is 1. The van der Waals surface area contributed by atoms with Crippen LogP contribution in [0.3, 0.4) is 0 Å². The highest BCUT2D eigenvalue weighted by atomic mass is 32.2. The Hall–Kier alpha value is -1.84. The molecule has 0 heterocycles. The van der Waals surface area contributed by atoms with E-state index in [1.165, 1.54) is 12.1 Å². The topological polar surface area (TPSA) is 74.7 Å². The third-order valence-corrected chi connectivity index (χ3v) is 3.99. The molecule has 0 aromatic heterocycles. The summed E-state index contributed by atoms with van der Waals surface area (Å²) in [6.45, 7) is 0.824. The van der Waals surface area contributed by atoms with Crippen molar-refractivity contribution in [2.24, 2.45) is 0 Å². The second-order valence-corrected chi connectivity index (χ2v) is 5.63. The number of aliphatic carboxylic acids is 1. The molecule has 0 radical (unpaired) electrons. The maximum atomic E-state index is 12.2. The minimum atomic E-state index is -3.87. The molecule has 18 heavy (non-hydrogen) atoms. The molecule has 0 fully saturated rings. The predicted octanol–water partition coefficient (Wildman–Crippen LogP) is 0.704. The van der Waals surface area contributed by atoms with Crippen LogP contribution in [0.5, 0.6) is 0 Å². The summed E-state index contributed by atoms with van der Waals surface area (Å²) in [6, 6.07) is 6.23. The molecule has 0 saturated heterocycles. The number of benzene rings is 1. The van der Waals surface area contributed by atoms with E-state index in [2.05, 4.69) is 5.92 Å². The molecule has 0 atom stereocenters. The SMILES string of the molecule is C#CCN(CC(=O)O)S(=O)(=O)c1cccc(C)c1. The van der Waals surface area contributed by atoms with Crippen molar-refractivity contribution in [3.8, 4) is 12.3 Å². The third kappa shape index (κ3) is 3.32. The summed E-state index contributed by atoms with van der Waals surface area (Å²) < 4.78 is 25.1. The fraction of sp³-hybridized carbons (Fsp3) is 0.250. The Labute approximate surface area is 106 Å². The molecular weight excluding hydrogens is 254 g/mol. The van der Waals surface area contributed by atoms with Crippen LogP contribution >= 0.6 is 0 Å². The van der Waals surface area contributed by atoms with Gasteiger partial charge in [-0.1, -0.05) is 18.1 Å². The van der Waals surface area contributed by atoms with Crippen molar-refractivity contribution in [2.45, 2.75) is 11.8 Å². The van der Waals surface area contributed by atoms with Gasteiger partial charge < -0.3 is 5.11 Å². The van der Waals surface area contributed by atoms with Crippen LogP contribution in [0.4, 0.5) is 0 Å². The molecule has 0 unspecified atom stereocenters. The molecule has 1 aromatic carbocycles. The zero-order chi connectivity index (χ0) is 13.8. The molecule has 1 aromatic rings. The zero-order valence-corrected chi connectivity index (χ0v) is 10.6. The molecule has 5 nitrogen and oxygen atoms in total. The van der Waals surface area contributed by atoms with Crippen LogP contribution in [0.2, 0.25) is 0 Å². The van der Waals surface area contributed by atoms with Gasteiger partial charge in [-0.2, -0.15) is 4.31 Å². The zero-order valence-electron chi connectivity index (χ0n) is 9.83. The van der Waals surface area contributed by atoms with E-state index in [4.69, 9.17) is 11.5 Å². The van der Waals surface area contributed by atoms with Gasteiger partial charge in [0.2, 0.25) is 10.0 Å². The summed E-state index contributed by atoms with van der Waals surface area (Å²) in [5, 5.41) is 8.70. The van der Waals surface area contributed by atoms with Crippen LogP contribution in [0.25, 0.3) is 0 Å². The Bertz CT molecular complexity index is 586. The molecule has 0 bridgehead atoms. The number of rotatable bonds is 5. The van der Waals surface area contributed by atoms with E-state index in [1.54, 1.807) is 19.1 Å². The van der Waals surface area contributed by atoms with E-state index in [0.717, 1.165) is 9.87 Å². The number of hydrogen-bond acceptors (Lipinski definition) is 3. The first kappa shape index (κ1) is 14.2. The van der Waals surface area contributed by atoms with Crippen molar-refractivity contribution >= 4 is 16.0 Å². The normalized spacial score (nSPS) is 11.2. The van der Waals surface area contributed by atoms with E-state index in [9.17, 15) is 13.2 Å². The number of carbonyl (C=O) groups is 1. The molecule has 1 rings (SSSR count). The number of terminal acetylenes is 1. The van der Waals surface area contributed by atoms with E-state index >= 15 is 0 Å². The average Bonchev–Trinajstić information content (AvgIpc) is 2.28. The molecule has 0 amide bonds. The van der Waals surface area contributed by atoms with E-state index in [-0.39, 0.29) is 11.4 Å². The van der Waals surface area contributed by atoms with Gasteiger partial charge in [-0.05, 0) is 24.6 Å². The first-order valence-electron chi connectivity index (χ1n) is 5.10. The summed E-state index contributed by atoms with van der Waals surface area (Å²) in [7, 11) is -3.87. The van der Waals surface area contributed by atoms with Gasteiger partial charge in [-0.25, -0.2) is 8.42 Å². The molecule has 96 valence electrons. The minimum Gasteiger partial charge on any atom is -0.480 e. The Balaban J connectivity index is 3.17. The predicted molar refractivity (Wildman–Crippen MR) is 66.4 cm³/mol. The van der Waals surface area contributed by atoms with Crippen molar-refractivity contribution in [1.29, 1.82) is 0 Å². The van der Waals surface area contributed by atoms with Crippen molar-refractivity contribution in [3.05, 3.63) is 29.8 Å². The van der Waals surface area contributed by atoms with Gasteiger partial charge in [0.15, 0.2) is 0 Å². The molecule has 1 N–H and O–H groups in total. The Morgan fingerprint density at radius 3 is 2.67 bits per heavy atom. The summed E-state index contributed by atoms with van der Waals surface area (Å²) in [4.78, 5) is 10.7. The fourth-order valence-electron chi connectivity index (χ4n) is 1.40. The van der Waals surface area contributed by atoms with Crippen LogP contribution in [0, 0.1) is 19.3 Å². The quantitative estimate of drug-likeness (QED) is 0.797. The number of carboxylic acids is 1. The highest BCUT2D eigenvalue weighted by molar-refractivity contribution is 7.89. The molecule has 0 spiro atoms. The smallest absolute Gasteiger partial charge is 0.318 e. The second-order valence-electron chi connectivity index (χ2n) is 3.69. The van der Waals surface area contributed by atoms with Gasteiger partial charge in [-0.15, -0.1) is 6.42 Å². The van der Waals surface area contributed by atoms with Crippen molar-refractivity contribution in [1.82, 2.24) is 4.31 Å². The number of carboxylic acid groups (broad SMARTS) is 1. The largest absolute Gasteiger partial charge is 0.480 e. The summed E-state index contributed by atoms with van der Waals surface area (Å²) in [6.07, 6.45) is 5.06. The van der Waals surface area contributed by atoms with Gasteiger partial charge in [-0.3, -0.25) is 4.79 Å². The van der Waals surface area contributed by atoms with Crippen LogP contribution in [-0.4, -0.2) is 36.9 Å². The van der Waals surface area contributed by atoms with Gasteiger partial charge in [0.05, 0.1) is 11.4 Å². The van der Waals surface area contributed by atoms with Crippen molar-refractivity contribution in [2.75, 3.05) is 13.1 Å². The van der Waals surface area contributed by atoms with Gasteiger partial charge >= 0.3 is 5.97 Å². The molecule has 0 aliphatic heterocycles. The summed E-state index contributed by atoms with van der Waals surface area (Å²) in [5.41, 5.74) is 0.770. The van der Waals surface area contributed by atoms with Crippen LogP contribution in [-0.2, 0) is 14.8 Å². The highest BCUT2D eigenvalue weighted by Gasteiger charge is 2.25. The van der Waals surface area contributed by atoms with Crippen LogP contribution in [0.1, 0.15) is 5.56 Å². The number of sulfonamides is 1. The van der Waals surface area contributed by atoms with Crippen LogP contribution < -0.4 is 0 Å². The average molecular weight is 267 g/mol. The number of hydrogen-bond donors (Lipinski definition) is 1. The maximum absolute atomic E-state index is 12.2. The Morgan fingerprint density at radius 2 is 2.17 bits per heavy atom. The molecule has 0 aliphatic carbocycles. The monoisotopic (exact) mass is 267 g/mol. The Morgan fingerprint density at radius 1 is 1.50 bits per heavy atom. The summed E-state index contributed by atoms with van der Waals surface area (Å²) in [5.74, 6) is 0.898. The second kappa shape index (κ2) is 5.67. The first-order chi connectivity index (χ1) is 8.37. The van der Waals surface area contributed by atoms with E-state index < -0.39 is 22.5 Å². The Kier molecular flexibility index (Phi) is 4.48. The lowest BCUT2D eigenvalue weighted by atomic mass is 10.2. The van der Waals surface area contributed by atoms with E-state index in [0.29, 0.717) is 0 Å². The lowest BCUT2D eigenvalue weighted by Gasteiger charge is -2.17. The van der Waals surface area contributed by atoms with Crippen LogP contribution in [0.15, 0.2) is 29.2 Å². The maximum Gasteiger partial charge on any atom is 0.318 e. The van der Waals surface area contributed by atoms with E-state index in [1.807, 2.05) is 0 Å². The molecule has 0 saturated carbocycles. The first-order valence-corrected chi connectivity index (χ1v) is 6.54. The van der Waals surface area contributed by atoms with Gasteiger partial charge in [0.25, 0.3) is 0 Å². The van der Waals surface area contributed by atoms with Crippen molar-refractivity contribution < 1.29 is 18.3 Å². The molecular formula is C12H13NO4S. The van der Waals surface area contributed by atoms with Gasteiger partial charge in [0, 0.05) is 0 Å². The third-order valence-electron chi connectivity index (χ3n) is 2.21. The highest BCUT2D eigenvalue weighted by Crippen LogP contribution is 2.16. The standard InChI is InChI=1S/C12H13NO4S/c1-3-7-13(9-12(14)15)18(16,17)11-6-4-5-10(2)8-11/h1,4-6,8H,7,9H2,2H3,(H,14,15). The lowest BCUT2D eigenvalue weighted by Crippen LogP contribution is -2.36. The molecule has 0 aliphatic rings. The minimum absolute atomic E-state index is 0.0407. The lowest BCUT2D eigenvalue weighted by molar-refractivity contribution is -0.137. The molecule has 6 heteroatoms. The fourth-order valence-corrected chi connectivity index (χ4v) is 2.81. The van der Waals surface area contributed by atoms with Gasteiger partial charge in [0.1, 0.15) is 6.54 Å². The number of nitrogens with zero attached hydrogens (tertiary/aromatic N) is 1.